The van der Waals surface area contributed by atoms with Gasteiger partial charge in [0.15, 0.2) is 0 Å². The molecule has 1 aliphatic rings. The third-order valence-corrected chi connectivity index (χ3v) is 3.11. The van der Waals surface area contributed by atoms with Gasteiger partial charge >= 0.3 is 0 Å². The van der Waals surface area contributed by atoms with Gasteiger partial charge in [-0.25, -0.2) is 0 Å². The zero-order chi connectivity index (χ0) is 10.5. The fourth-order valence-electron chi connectivity index (χ4n) is 2.34. The Morgan fingerprint density at radius 2 is 2.13 bits per heavy atom. The first-order valence-electron chi connectivity index (χ1n) is 5.80. The SMILES string of the molecule is OCCC(c1ccco1)N1CCCCC1. The van der Waals surface area contributed by atoms with E-state index in [1.165, 1.54) is 19.3 Å². The number of nitrogens with zero attached hydrogens (tertiary/aromatic N) is 1. The van der Waals surface area contributed by atoms with Crippen molar-refractivity contribution in [1.29, 1.82) is 0 Å². The molecule has 1 aromatic rings. The maximum Gasteiger partial charge on any atom is 0.120 e. The first-order valence-corrected chi connectivity index (χ1v) is 5.80. The first-order chi connectivity index (χ1) is 7.42. The van der Waals surface area contributed by atoms with Crippen LogP contribution in [0.15, 0.2) is 22.8 Å². The average molecular weight is 209 g/mol. The second-order valence-electron chi connectivity index (χ2n) is 4.14. The molecule has 0 amide bonds. The summed E-state index contributed by atoms with van der Waals surface area (Å²) in [7, 11) is 0. The Morgan fingerprint density at radius 1 is 1.33 bits per heavy atom. The summed E-state index contributed by atoms with van der Waals surface area (Å²) in [6.07, 6.45) is 6.35. The molecule has 1 saturated heterocycles. The maximum absolute atomic E-state index is 9.10. The molecule has 3 heteroatoms. The normalized spacial score (nSPS) is 20.3. The van der Waals surface area contributed by atoms with E-state index in [0.717, 1.165) is 25.3 Å². The average Bonchev–Trinajstić information content (AvgIpc) is 2.80. The highest BCUT2D eigenvalue weighted by Crippen LogP contribution is 2.27. The van der Waals surface area contributed by atoms with E-state index in [1.807, 2.05) is 12.1 Å². The maximum atomic E-state index is 9.10. The lowest BCUT2D eigenvalue weighted by Gasteiger charge is -2.33. The van der Waals surface area contributed by atoms with Crippen LogP contribution in [0.3, 0.4) is 0 Å². The summed E-state index contributed by atoms with van der Waals surface area (Å²) in [5.74, 6) is 0.992. The molecule has 1 aliphatic heterocycles. The van der Waals surface area contributed by atoms with Gasteiger partial charge in [-0.1, -0.05) is 6.42 Å². The first kappa shape index (κ1) is 10.7. The molecule has 0 aromatic carbocycles. The highest BCUT2D eigenvalue weighted by atomic mass is 16.3. The molecule has 1 atom stereocenters. The zero-order valence-electron chi connectivity index (χ0n) is 9.06. The highest BCUT2D eigenvalue weighted by Gasteiger charge is 2.23. The van der Waals surface area contributed by atoms with Crippen LogP contribution in [0.2, 0.25) is 0 Å². The summed E-state index contributed by atoms with van der Waals surface area (Å²) in [5.41, 5.74) is 0. The molecule has 0 radical (unpaired) electrons. The van der Waals surface area contributed by atoms with Gasteiger partial charge in [-0.05, 0) is 44.5 Å². The van der Waals surface area contributed by atoms with E-state index in [-0.39, 0.29) is 12.6 Å². The third-order valence-electron chi connectivity index (χ3n) is 3.11. The van der Waals surface area contributed by atoms with E-state index in [2.05, 4.69) is 4.90 Å². The smallest absolute Gasteiger partial charge is 0.120 e. The van der Waals surface area contributed by atoms with Gasteiger partial charge < -0.3 is 9.52 Å². The fourth-order valence-corrected chi connectivity index (χ4v) is 2.34. The van der Waals surface area contributed by atoms with Gasteiger partial charge in [0.1, 0.15) is 5.76 Å². The Morgan fingerprint density at radius 3 is 2.73 bits per heavy atom. The predicted octanol–water partition coefficient (Wildman–Crippen LogP) is 2.19. The van der Waals surface area contributed by atoms with Crippen molar-refractivity contribution in [3.63, 3.8) is 0 Å². The zero-order valence-corrected chi connectivity index (χ0v) is 9.06. The summed E-state index contributed by atoms with van der Waals surface area (Å²) < 4.78 is 5.45. The van der Waals surface area contributed by atoms with E-state index in [9.17, 15) is 0 Å². The molecule has 84 valence electrons. The van der Waals surface area contributed by atoms with Crippen molar-refractivity contribution in [2.45, 2.75) is 31.7 Å². The minimum Gasteiger partial charge on any atom is -0.468 e. The van der Waals surface area contributed by atoms with Crippen LogP contribution >= 0.6 is 0 Å². The molecule has 3 nitrogen and oxygen atoms in total. The molecular weight excluding hydrogens is 190 g/mol. The van der Waals surface area contributed by atoms with Crippen LogP contribution in [0.25, 0.3) is 0 Å². The number of rotatable bonds is 4. The Hall–Kier alpha value is -0.800. The topological polar surface area (TPSA) is 36.6 Å². The van der Waals surface area contributed by atoms with Gasteiger partial charge in [-0.15, -0.1) is 0 Å². The van der Waals surface area contributed by atoms with Crippen LogP contribution in [0.4, 0.5) is 0 Å². The van der Waals surface area contributed by atoms with Gasteiger partial charge in [0.25, 0.3) is 0 Å². The van der Waals surface area contributed by atoms with Crippen LogP contribution in [0.5, 0.6) is 0 Å². The lowest BCUT2D eigenvalue weighted by atomic mass is 10.0. The van der Waals surface area contributed by atoms with E-state index in [1.54, 1.807) is 6.26 Å². The monoisotopic (exact) mass is 209 g/mol. The number of aliphatic hydroxyl groups excluding tert-OH is 1. The van der Waals surface area contributed by atoms with Crippen LogP contribution < -0.4 is 0 Å². The van der Waals surface area contributed by atoms with Crippen LogP contribution in [0.1, 0.15) is 37.5 Å². The highest BCUT2D eigenvalue weighted by molar-refractivity contribution is 5.05. The Kier molecular flexibility index (Phi) is 3.80. The van der Waals surface area contributed by atoms with Crippen molar-refractivity contribution in [2.75, 3.05) is 19.7 Å². The van der Waals surface area contributed by atoms with Crippen molar-refractivity contribution in [3.05, 3.63) is 24.2 Å². The Labute approximate surface area is 90.7 Å². The number of aliphatic hydroxyl groups is 1. The minimum absolute atomic E-state index is 0.224. The van der Waals surface area contributed by atoms with Crippen molar-refractivity contribution in [3.8, 4) is 0 Å². The molecule has 1 aromatic heterocycles. The number of furan rings is 1. The number of hydrogen-bond donors (Lipinski definition) is 1. The van der Waals surface area contributed by atoms with E-state index >= 15 is 0 Å². The summed E-state index contributed by atoms with van der Waals surface area (Å²) in [4.78, 5) is 2.43. The van der Waals surface area contributed by atoms with Crippen molar-refractivity contribution in [1.82, 2.24) is 4.90 Å². The third kappa shape index (κ3) is 2.61. The quantitative estimate of drug-likeness (QED) is 0.825. The van der Waals surface area contributed by atoms with E-state index < -0.39 is 0 Å². The summed E-state index contributed by atoms with van der Waals surface area (Å²) in [5, 5.41) is 9.10. The van der Waals surface area contributed by atoms with E-state index in [0.29, 0.717) is 0 Å². The standard InChI is InChI=1S/C12H19NO2/c14-9-6-11(12-5-4-10-15-12)13-7-2-1-3-8-13/h4-5,10-11,14H,1-3,6-9H2. The van der Waals surface area contributed by atoms with Crippen LogP contribution in [-0.2, 0) is 0 Å². The summed E-state index contributed by atoms with van der Waals surface area (Å²) in [6, 6.07) is 4.20. The molecule has 1 fully saturated rings. The largest absolute Gasteiger partial charge is 0.468 e. The molecule has 0 saturated carbocycles. The fraction of sp³-hybridized carbons (Fsp3) is 0.667. The molecule has 0 bridgehead atoms. The van der Waals surface area contributed by atoms with Crippen molar-refractivity contribution < 1.29 is 9.52 Å². The van der Waals surface area contributed by atoms with Gasteiger partial charge in [0.05, 0.1) is 12.3 Å². The number of likely N-dealkylation sites (tertiary alicyclic amines) is 1. The van der Waals surface area contributed by atoms with Gasteiger partial charge in [0.2, 0.25) is 0 Å². The molecule has 1 unspecified atom stereocenters. The summed E-state index contributed by atoms with van der Waals surface area (Å²) in [6.45, 7) is 2.48. The molecule has 1 N–H and O–H groups in total. The van der Waals surface area contributed by atoms with E-state index in [4.69, 9.17) is 9.52 Å². The second kappa shape index (κ2) is 5.33. The lowest BCUT2D eigenvalue weighted by Crippen LogP contribution is -2.34. The van der Waals surface area contributed by atoms with Crippen molar-refractivity contribution >= 4 is 0 Å². The van der Waals surface area contributed by atoms with Gasteiger partial charge in [0, 0.05) is 6.61 Å². The molecular formula is C12H19NO2. The second-order valence-corrected chi connectivity index (χ2v) is 4.14. The molecule has 0 spiro atoms. The molecule has 15 heavy (non-hydrogen) atoms. The van der Waals surface area contributed by atoms with Crippen molar-refractivity contribution in [2.24, 2.45) is 0 Å². The van der Waals surface area contributed by atoms with Gasteiger partial charge in [-0.2, -0.15) is 0 Å². The number of hydrogen-bond acceptors (Lipinski definition) is 3. The molecule has 2 rings (SSSR count). The molecule has 2 heterocycles. The Balaban J connectivity index is 2.04. The van der Waals surface area contributed by atoms with Crippen LogP contribution in [-0.4, -0.2) is 29.7 Å². The lowest BCUT2D eigenvalue weighted by molar-refractivity contribution is 0.118. The van der Waals surface area contributed by atoms with Crippen LogP contribution in [0, 0.1) is 0 Å². The Bertz CT molecular complexity index is 265. The summed E-state index contributed by atoms with van der Waals surface area (Å²) >= 11 is 0. The minimum atomic E-state index is 0.224. The predicted molar refractivity (Wildman–Crippen MR) is 58.6 cm³/mol. The van der Waals surface area contributed by atoms with Gasteiger partial charge in [-0.3, -0.25) is 4.90 Å². The molecule has 0 aliphatic carbocycles. The number of piperidine rings is 1.